The van der Waals surface area contributed by atoms with Crippen LogP contribution in [0.15, 0.2) is 0 Å². The second-order valence-electron chi connectivity index (χ2n) is 8.91. The zero-order valence-electron chi connectivity index (χ0n) is 15.1. The molecule has 21 heavy (non-hydrogen) atoms. The summed E-state index contributed by atoms with van der Waals surface area (Å²) in [5.41, 5.74) is 0.735. The highest BCUT2D eigenvalue weighted by Crippen LogP contribution is 2.48. The fraction of sp³-hybridized carbons (Fsp3) is 1.00. The lowest BCUT2D eigenvalue weighted by molar-refractivity contribution is 0.0760. The largest absolute Gasteiger partial charge is 0.0625 e. The summed E-state index contributed by atoms with van der Waals surface area (Å²) in [7, 11) is 0. The van der Waals surface area contributed by atoms with Crippen molar-refractivity contribution in [3.63, 3.8) is 0 Å². The Bertz CT molecular complexity index is 260. The molecular formula is C21H40. The molecule has 0 aromatic carbocycles. The van der Waals surface area contributed by atoms with E-state index in [0.717, 1.165) is 23.2 Å². The summed E-state index contributed by atoms with van der Waals surface area (Å²) in [5, 5.41) is 0. The maximum absolute atomic E-state index is 2.58. The van der Waals surface area contributed by atoms with E-state index in [2.05, 4.69) is 20.8 Å². The Labute approximate surface area is 134 Å². The maximum Gasteiger partial charge on any atom is -0.0298 e. The summed E-state index contributed by atoms with van der Waals surface area (Å²) in [6.07, 6.45) is 21.0. The summed E-state index contributed by atoms with van der Waals surface area (Å²) in [4.78, 5) is 0. The minimum absolute atomic E-state index is 0.735. The molecule has 0 amide bonds. The van der Waals surface area contributed by atoms with Crippen molar-refractivity contribution >= 4 is 0 Å². The summed E-state index contributed by atoms with van der Waals surface area (Å²) in [6.45, 7) is 7.37. The molecule has 3 aliphatic rings. The van der Waals surface area contributed by atoms with Crippen molar-refractivity contribution in [3.05, 3.63) is 0 Å². The Morgan fingerprint density at radius 2 is 1.05 bits per heavy atom. The van der Waals surface area contributed by atoms with Crippen LogP contribution in [0, 0.1) is 23.2 Å². The molecule has 0 heterocycles. The fourth-order valence-corrected chi connectivity index (χ4v) is 5.03. The molecule has 3 aliphatic carbocycles. The first-order valence-electron chi connectivity index (χ1n) is 10.1. The first-order chi connectivity index (χ1) is 10.1. The van der Waals surface area contributed by atoms with E-state index in [1.807, 2.05) is 0 Å². The Hall–Kier alpha value is 0. The number of hydrogen-bond acceptors (Lipinski definition) is 0. The Kier molecular flexibility index (Phi) is 7.10. The quantitative estimate of drug-likeness (QED) is 0.473. The maximum atomic E-state index is 2.58. The van der Waals surface area contributed by atoms with Gasteiger partial charge < -0.3 is 0 Å². The van der Waals surface area contributed by atoms with Gasteiger partial charge in [-0.2, -0.15) is 0 Å². The van der Waals surface area contributed by atoms with Gasteiger partial charge in [0.05, 0.1) is 0 Å². The average molecular weight is 293 g/mol. The van der Waals surface area contributed by atoms with Crippen molar-refractivity contribution in [1.29, 1.82) is 0 Å². The Balaban J connectivity index is 0.000000194. The minimum atomic E-state index is 0.735. The van der Waals surface area contributed by atoms with Crippen LogP contribution >= 0.6 is 0 Å². The van der Waals surface area contributed by atoms with Crippen molar-refractivity contribution in [3.8, 4) is 0 Å². The highest BCUT2D eigenvalue weighted by atomic mass is 14.4. The van der Waals surface area contributed by atoms with Gasteiger partial charge in [0, 0.05) is 0 Å². The van der Waals surface area contributed by atoms with Gasteiger partial charge in [0.25, 0.3) is 0 Å². The van der Waals surface area contributed by atoms with Gasteiger partial charge in [0.2, 0.25) is 0 Å². The highest BCUT2D eigenvalue weighted by molar-refractivity contribution is 4.87. The molecule has 0 bridgehead atoms. The molecule has 0 heteroatoms. The lowest BCUT2D eigenvalue weighted by Crippen LogP contribution is -2.32. The number of rotatable bonds is 1. The van der Waals surface area contributed by atoms with Crippen LogP contribution in [0.25, 0.3) is 0 Å². The van der Waals surface area contributed by atoms with E-state index in [1.54, 1.807) is 0 Å². The molecule has 3 saturated carbocycles. The molecular weight excluding hydrogens is 252 g/mol. The first kappa shape index (κ1) is 17.4. The predicted molar refractivity (Wildman–Crippen MR) is 94.6 cm³/mol. The van der Waals surface area contributed by atoms with Gasteiger partial charge in [-0.1, -0.05) is 85.0 Å². The van der Waals surface area contributed by atoms with Crippen molar-refractivity contribution < 1.29 is 0 Å². The molecule has 0 aliphatic heterocycles. The molecule has 0 atom stereocenters. The van der Waals surface area contributed by atoms with Gasteiger partial charge in [-0.05, 0) is 48.9 Å². The van der Waals surface area contributed by atoms with E-state index in [9.17, 15) is 0 Å². The second kappa shape index (κ2) is 8.59. The monoisotopic (exact) mass is 292 g/mol. The van der Waals surface area contributed by atoms with Gasteiger partial charge in [-0.25, -0.2) is 0 Å². The van der Waals surface area contributed by atoms with Crippen LogP contribution in [0.4, 0.5) is 0 Å². The molecule has 0 nitrogen and oxygen atoms in total. The van der Waals surface area contributed by atoms with E-state index in [1.165, 1.54) is 89.9 Å². The molecule has 0 aromatic rings. The summed E-state index contributed by atoms with van der Waals surface area (Å²) < 4.78 is 0. The molecule has 0 saturated heterocycles. The second-order valence-corrected chi connectivity index (χ2v) is 8.91. The van der Waals surface area contributed by atoms with E-state index >= 15 is 0 Å². The van der Waals surface area contributed by atoms with Gasteiger partial charge in [-0.15, -0.1) is 0 Å². The Morgan fingerprint density at radius 1 is 0.571 bits per heavy atom. The zero-order chi connectivity index (χ0) is 15.1. The van der Waals surface area contributed by atoms with E-state index < -0.39 is 0 Å². The number of hydrogen-bond donors (Lipinski definition) is 0. The molecule has 0 N–H and O–H groups in total. The van der Waals surface area contributed by atoms with Crippen molar-refractivity contribution in [1.82, 2.24) is 0 Å². The SMILES string of the molecule is CC1CCC(C2(C)CCCCC2)CC1.CC1CCCCC1. The van der Waals surface area contributed by atoms with Crippen LogP contribution in [0.5, 0.6) is 0 Å². The van der Waals surface area contributed by atoms with E-state index in [4.69, 9.17) is 0 Å². The third-order valence-corrected chi connectivity index (χ3v) is 6.89. The van der Waals surface area contributed by atoms with Crippen molar-refractivity contribution in [2.24, 2.45) is 23.2 Å². The molecule has 0 spiro atoms. The van der Waals surface area contributed by atoms with Crippen LogP contribution in [0.2, 0.25) is 0 Å². The van der Waals surface area contributed by atoms with Gasteiger partial charge in [0.1, 0.15) is 0 Å². The predicted octanol–water partition coefficient (Wildman–Crippen LogP) is 7.37. The fourth-order valence-electron chi connectivity index (χ4n) is 5.03. The molecule has 124 valence electrons. The molecule has 0 aromatic heterocycles. The normalized spacial score (nSPS) is 33.9. The van der Waals surface area contributed by atoms with Gasteiger partial charge in [0.15, 0.2) is 0 Å². The standard InChI is InChI=1S/C14H26.C7H14/c1-12-6-8-13(9-7-12)14(2)10-4-3-5-11-14;1-7-5-3-2-4-6-7/h12-13H,3-11H2,1-2H3;7H,2-6H2,1H3. The minimum Gasteiger partial charge on any atom is -0.0625 e. The third-order valence-electron chi connectivity index (χ3n) is 6.89. The van der Waals surface area contributed by atoms with Crippen molar-refractivity contribution in [2.45, 2.75) is 111 Å². The van der Waals surface area contributed by atoms with Crippen LogP contribution < -0.4 is 0 Å². The van der Waals surface area contributed by atoms with Crippen LogP contribution in [-0.2, 0) is 0 Å². The zero-order valence-corrected chi connectivity index (χ0v) is 15.1. The first-order valence-corrected chi connectivity index (χ1v) is 10.1. The highest BCUT2D eigenvalue weighted by Gasteiger charge is 2.36. The van der Waals surface area contributed by atoms with Crippen LogP contribution in [-0.4, -0.2) is 0 Å². The molecule has 0 radical (unpaired) electrons. The van der Waals surface area contributed by atoms with Crippen molar-refractivity contribution in [2.75, 3.05) is 0 Å². The lowest BCUT2D eigenvalue weighted by atomic mass is 9.62. The van der Waals surface area contributed by atoms with Gasteiger partial charge in [-0.3, -0.25) is 0 Å². The molecule has 3 rings (SSSR count). The van der Waals surface area contributed by atoms with E-state index in [-0.39, 0.29) is 0 Å². The summed E-state index contributed by atoms with van der Waals surface area (Å²) in [6, 6.07) is 0. The van der Waals surface area contributed by atoms with Gasteiger partial charge >= 0.3 is 0 Å². The smallest absolute Gasteiger partial charge is 0.0298 e. The van der Waals surface area contributed by atoms with E-state index in [0.29, 0.717) is 0 Å². The topological polar surface area (TPSA) is 0 Å². The third kappa shape index (κ3) is 5.61. The Morgan fingerprint density at radius 3 is 1.52 bits per heavy atom. The molecule has 0 unspecified atom stereocenters. The lowest BCUT2D eigenvalue weighted by Gasteiger charge is -2.44. The molecule has 3 fully saturated rings. The van der Waals surface area contributed by atoms with Crippen LogP contribution in [0.1, 0.15) is 111 Å². The summed E-state index contributed by atoms with van der Waals surface area (Å²) >= 11 is 0. The van der Waals surface area contributed by atoms with Crippen LogP contribution in [0.3, 0.4) is 0 Å². The average Bonchev–Trinajstić information content (AvgIpc) is 2.50. The summed E-state index contributed by atoms with van der Waals surface area (Å²) in [5.74, 6) is 3.12.